The fourth-order valence-electron chi connectivity index (χ4n) is 4.52. The zero-order valence-corrected chi connectivity index (χ0v) is 17.6. The van der Waals surface area contributed by atoms with Crippen LogP contribution >= 0.6 is 0 Å². The number of hydrogen-bond acceptors (Lipinski definition) is 4. The first kappa shape index (κ1) is 20.7. The van der Waals surface area contributed by atoms with Crippen LogP contribution in [0.1, 0.15) is 48.9 Å². The van der Waals surface area contributed by atoms with Gasteiger partial charge in [0.2, 0.25) is 11.8 Å². The smallest absolute Gasteiger partial charge is 0.251 e. The van der Waals surface area contributed by atoms with Crippen molar-refractivity contribution in [3.63, 3.8) is 0 Å². The minimum absolute atomic E-state index is 0.0151. The molecule has 0 spiro atoms. The summed E-state index contributed by atoms with van der Waals surface area (Å²) >= 11 is 0. The summed E-state index contributed by atoms with van der Waals surface area (Å²) in [6.07, 6.45) is 5.52. The molecule has 7 nitrogen and oxygen atoms in total. The summed E-state index contributed by atoms with van der Waals surface area (Å²) in [7, 11) is 1.58. The third-order valence-corrected chi connectivity index (χ3v) is 6.57. The molecule has 2 aliphatic heterocycles. The Morgan fingerprint density at radius 1 is 0.933 bits per heavy atom. The Bertz CT molecular complexity index is 776. The van der Waals surface area contributed by atoms with Gasteiger partial charge < -0.3 is 19.9 Å². The molecule has 2 saturated heterocycles. The molecule has 0 bridgehead atoms. The number of rotatable bonds is 6. The molecule has 30 heavy (non-hydrogen) atoms. The van der Waals surface area contributed by atoms with Gasteiger partial charge in [0.15, 0.2) is 0 Å². The highest BCUT2D eigenvalue weighted by Gasteiger charge is 2.39. The van der Waals surface area contributed by atoms with Crippen molar-refractivity contribution in [2.45, 2.75) is 44.6 Å². The zero-order valence-electron chi connectivity index (χ0n) is 17.6. The summed E-state index contributed by atoms with van der Waals surface area (Å²) in [4.78, 5) is 42.3. The topological polar surface area (TPSA) is 79.0 Å². The molecule has 1 atom stereocenters. The van der Waals surface area contributed by atoms with E-state index in [4.69, 9.17) is 4.74 Å². The molecule has 1 saturated carbocycles. The standard InChI is InChI=1S/C23H31N3O4/c1-30-19-8-6-17(7-9-19)21(27)24-20(23(29)25-12-2-3-13-25)16-10-14-26(15-11-16)22(28)18-4-5-18/h6-9,16,18,20H,2-5,10-15H2,1H3,(H,24,27)/t20-/m0/s1. The maximum Gasteiger partial charge on any atom is 0.251 e. The molecule has 3 aliphatic rings. The van der Waals surface area contributed by atoms with Crippen LogP contribution in [0.25, 0.3) is 0 Å². The van der Waals surface area contributed by atoms with Gasteiger partial charge in [0.1, 0.15) is 11.8 Å². The molecule has 4 rings (SSSR count). The SMILES string of the molecule is COc1ccc(C(=O)N[C@H](C(=O)N2CCCC2)C2CCN(C(=O)C3CC3)CC2)cc1. The molecule has 3 fully saturated rings. The van der Waals surface area contributed by atoms with Gasteiger partial charge in [0.05, 0.1) is 7.11 Å². The van der Waals surface area contributed by atoms with Gasteiger partial charge in [-0.15, -0.1) is 0 Å². The van der Waals surface area contributed by atoms with Gasteiger partial charge in [0.25, 0.3) is 5.91 Å². The Morgan fingerprint density at radius 2 is 1.57 bits per heavy atom. The summed E-state index contributed by atoms with van der Waals surface area (Å²) in [5, 5.41) is 3.02. The Morgan fingerprint density at radius 3 is 2.13 bits per heavy atom. The van der Waals surface area contributed by atoms with Crippen LogP contribution in [0.2, 0.25) is 0 Å². The molecule has 1 aromatic rings. The van der Waals surface area contributed by atoms with Crippen molar-refractivity contribution in [3.05, 3.63) is 29.8 Å². The van der Waals surface area contributed by atoms with Crippen LogP contribution in [-0.2, 0) is 9.59 Å². The second-order valence-corrected chi connectivity index (χ2v) is 8.65. The maximum absolute atomic E-state index is 13.3. The number of amides is 3. The average molecular weight is 414 g/mol. The van der Waals surface area contributed by atoms with Crippen molar-refractivity contribution < 1.29 is 19.1 Å². The lowest BCUT2D eigenvalue weighted by molar-refractivity contribution is -0.136. The minimum Gasteiger partial charge on any atom is -0.497 e. The van der Waals surface area contributed by atoms with Crippen LogP contribution in [0.4, 0.5) is 0 Å². The molecule has 162 valence electrons. The van der Waals surface area contributed by atoms with Crippen molar-refractivity contribution >= 4 is 17.7 Å². The number of benzene rings is 1. The number of carbonyl (C=O) groups excluding carboxylic acids is 3. The predicted molar refractivity (Wildman–Crippen MR) is 112 cm³/mol. The van der Waals surface area contributed by atoms with E-state index in [0.29, 0.717) is 24.4 Å². The third-order valence-electron chi connectivity index (χ3n) is 6.57. The van der Waals surface area contributed by atoms with Crippen molar-refractivity contribution in [2.75, 3.05) is 33.3 Å². The summed E-state index contributed by atoms with van der Waals surface area (Å²) < 4.78 is 5.16. The number of carbonyl (C=O) groups is 3. The zero-order chi connectivity index (χ0) is 21.1. The molecular formula is C23H31N3O4. The molecule has 2 heterocycles. The number of ether oxygens (including phenoxy) is 1. The average Bonchev–Trinajstić information content (AvgIpc) is 3.50. The highest BCUT2D eigenvalue weighted by atomic mass is 16.5. The fourth-order valence-corrected chi connectivity index (χ4v) is 4.52. The fraction of sp³-hybridized carbons (Fsp3) is 0.609. The highest BCUT2D eigenvalue weighted by Crippen LogP contribution is 2.33. The van der Waals surface area contributed by atoms with Crippen LogP contribution in [-0.4, -0.2) is 66.9 Å². The summed E-state index contributed by atoms with van der Waals surface area (Å²) in [5.41, 5.74) is 0.511. The Labute approximate surface area is 177 Å². The van der Waals surface area contributed by atoms with E-state index in [2.05, 4.69) is 5.32 Å². The van der Waals surface area contributed by atoms with Gasteiger partial charge >= 0.3 is 0 Å². The number of methoxy groups -OCH3 is 1. The highest BCUT2D eigenvalue weighted by molar-refractivity contribution is 5.97. The van der Waals surface area contributed by atoms with Crippen LogP contribution in [0, 0.1) is 11.8 Å². The lowest BCUT2D eigenvalue weighted by Gasteiger charge is -2.37. The van der Waals surface area contributed by atoms with Gasteiger partial charge in [-0.05, 0) is 68.7 Å². The predicted octanol–water partition coefficient (Wildman–Crippen LogP) is 2.06. The summed E-state index contributed by atoms with van der Waals surface area (Å²) in [6, 6.07) is 6.36. The maximum atomic E-state index is 13.3. The van der Waals surface area contributed by atoms with Crippen molar-refractivity contribution in [2.24, 2.45) is 11.8 Å². The number of nitrogens with zero attached hydrogens (tertiary/aromatic N) is 2. The molecule has 1 N–H and O–H groups in total. The molecule has 0 aromatic heterocycles. The molecule has 7 heteroatoms. The van der Waals surface area contributed by atoms with E-state index < -0.39 is 6.04 Å². The first-order valence-electron chi connectivity index (χ1n) is 11.1. The first-order valence-corrected chi connectivity index (χ1v) is 11.1. The second-order valence-electron chi connectivity index (χ2n) is 8.65. The Hall–Kier alpha value is -2.57. The largest absolute Gasteiger partial charge is 0.497 e. The molecule has 1 aromatic carbocycles. The van der Waals surface area contributed by atoms with Crippen molar-refractivity contribution in [1.82, 2.24) is 15.1 Å². The van der Waals surface area contributed by atoms with Gasteiger partial charge in [-0.2, -0.15) is 0 Å². The number of piperidine rings is 1. The van der Waals surface area contributed by atoms with E-state index >= 15 is 0 Å². The Kier molecular flexibility index (Phi) is 6.25. The molecule has 1 aliphatic carbocycles. The minimum atomic E-state index is -0.545. The molecule has 3 amide bonds. The van der Waals surface area contributed by atoms with E-state index in [-0.39, 0.29) is 29.6 Å². The monoisotopic (exact) mass is 413 g/mol. The lowest BCUT2D eigenvalue weighted by atomic mass is 9.88. The van der Waals surface area contributed by atoms with Crippen molar-refractivity contribution in [3.8, 4) is 5.75 Å². The Balaban J connectivity index is 1.44. The quantitative estimate of drug-likeness (QED) is 0.774. The number of nitrogens with one attached hydrogen (secondary N) is 1. The van der Waals surface area contributed by atoms with Crippen LogP contribution in [0.3, 0.4) is 0 Å². The van der Waals surface area contributed by atoms with Crippen LogP contribution in [0.15, 0.2) is 24.3 Å². The van der Waals surface area contributed by atoms with E-state index in [0.717, 1.165) is 51.6 Å². The van der Waals surface area contributed by atoms with E-state index in [1.807, 2.05) is 9.80 Å². The number of likely N-dealkylation sites (tertiary alicyclic amines) is 2. The lowest BCUT2D eigenvalue weighted by Crippen LogP contribution is -2.54. The molecule has 0 unspecified atom stereocenters. The van der Waals surface area contributed by atoms with Gasteiger partial charge in [0, 0.05) is 37.7 Å². The van der Waals surface area contributed by atoms with Gasteiger partial charge in [-0.1, -0.05) is 0 Å². The summed E-state index contributed by atoms with van der Waals surface area (Å²) in [6.45, 7) is 2.85. The van der Waals surface area contributed by atoms with E-state index in [9.17, 15) is 14.4 Å². The first-order chi connectivity index (χ1) is 14.6. The van der Waals surface area contributed by atoms with Gasteiger partial charge in [-0.3, -0.25) is 14.4 Å². The third kappa shape index (κ3) is 4.60. The van der Waals surface area contributed by atoms with E-state index in [1.165, 1.54) is 0 Å². The molecular weight excluding hydrogens is 382 g/mol. The van der Waals surface area contributed by atoms with E-state index in [1.54, 1.807) is 31.4 Å². The van der Waals surface area contributed by atoms with Crippen molar-refractivity contribution in [1.29, 1.82) is 0 Å². The summed E-state index contributed by atoms with van der Waals surface area (Å²) in [5.74, 6) is 0.983. The number of hydrogen-bond donors (Lipinski definition) is 1. The molecule has 0 radical (unpaired) electrons. The second kappa shape index (κ2) is 9.06. The van der Waals surface area contributed by atoms with Crippen LogP contribution in [0.5, 0.6) is 5.75 Å². The van der Waals surface area contributed by atoms with Gasteiger partial charge in [-0.25, -0.2) is 0 Å². The normalized spacial score (nSPS) is 20.7. The van der Waals surface area contributed by atoms with Crippen LogP contribution < -0.4 is 10.1 Å².